The van der Waals surface area contributed by atoms with Crippen molar-refractivity contribution in [2.75, 3.05) is 11.1 Å². The first kappa shape index (κ1) is 14.2. The smallest absolute Gasteiger partial charge is 0.224 e. The van der Waals surface area contributed by atoms with Crippen molar-refractivity contribution in [2.24, 2.45) is 0 Å². The maximum Gasteiger partial charge on any atom is 0.224 e. The van der Waals surface area contributed by atoms with Gasteiger partial charge in [-0.1, -0.05) is 48.5 Å². The van der Waals surface area contributed by atoms with Crippen LogP contribution in [0.2, 0.25) is 0 Å². The van der Waals surface area contributed by atoms with E-state index in [0.717, 1.165) is 5.69 Å². The summed E-state index contributed by atoms with van der Waals surface area (Å²) in [4.78, 5) is 13.1. The minimum Gasteiger partial charge on any atom is -0.368 e. The number of aromatic nitrogens is 4. The number of imidazole rings is 1. The lowest BCUT2D eigenvalue weighted by atomic mass is 10.2. The van der Waals surface area contributed by atoms with Crippen molar-refractivity contribution in [3.63, 3.8) is 0 Å². The summed E-state index contributed by atoms with van der Waals surface area (Å²) in [7, 11) is 0. The molecule has 0 aliphatic heterocycles. The topological polar surface area (TPSA) is 81.6 Å². The van der Waals surface area contributed by atoms with Crippen LogP contribution >= 0.6 is 0 Å². The number of nitrogens with zero attached hydrogens (tertiary/aromatic N) is 4. The van der Waals surface area contributed by atoms with Crippen LogP contribution in [0, 0.1) is 0 Å². The van der Waals surface area contributed by atoms with E-state index in [9.17, 15) is 0 Å². The van der Waals surface area contributed by atoms with Gasteiger partial charge in [-0.05, 0) is 17.7 Å². The van der Waals surface area contributed by atoms with Crippen LogP contribution in [0.1, 0.15) is 5.56 Å². The molecule has 6 nitrogen and oxygen atoms in total. The lowest BCUT2D eigenvalue weighted by Crippen LogP contribution is -2.04. The summed E-state index contributed by atoms with van der Waals surface area (Å²) in [5.74, 6) is 0.825. The molecule has 24 heavy (non-hydrogen) atoms. The van der Waals surface area contributed by atoms with Crippen LogP contribution in [0.25, 0.3) is 11.2 Å². The maximum atomic E-state index is 5.90. The molecule has 0 atom stereocenters. The standard InChI is InChI=1S/C18H16N6/c19-18-22-16(21-14-9-5-2-6-10-14)15-17(23-18)24(12-20-15)11-13-7-3-1-4-8-13/h1-10,12H,11H2,(H3,19,21,22,23). The zero-order valence-electron chi connectivity index (χ0n) is 12.9. The fourth-order valence-electron chi connectivity index (χ4n) is 2.60. The predicted molar refractivity (Wildman–Crippen MR) is 95.0 cm³/mol. The summed E-state index contributed by atoms with van der Waals surface area (Å²) >= 11 is 0. The third-order valence-electron chi connectivity index (χ3n) is 3.71. The van der Waals surface area contributed by atoms with Crippen LogP contribution in [0.4, 0.5) is 17.5 Å². The molecule has 0 bridgehead atoms. The number of rotatable bonds is 4. The summed E-state index contributed by atoms with van der Waals surface area (Å²) in [6, 6.07) is 20.0. The Morgan fingerprint density at radius 3 is 2.38 bits per heavy atom. The zero-order chi connectivity index (χ0) is 16.4. The van der Waals surface area contributed by atoms with Gasteiger partial charge in [0.05, 0.1) is 12.9 Å². The van der Waals surface area contributed by atoms with E-state index in [1.54, 1.807) is 6.33 Å². The lowest BCUT2D eigenvalue weighted by Gasteiger charge is -2.08. The van der Waals surface area contributed by atoms with E-state index < -0.39 is 0 Å². The second-order valence-electron chi connectivity index (χ2n) is 5.45. The Morgan fingerprint density at radius 2 is 1.62 bits per heavy atom. The molecule has 118 valence electrons. The minimum absolute atomic E-state index is 0.218. The average Bonchev–Trinajstić information content (AvgIpc) is 3.00. The molecule has 2 aromatic heterocycles. The fraction of sp³-hybridized carbons (Fsp3) is 0.0556. The Balaban J connectivity index is 1.74. The van der Waals surface area contributed by atoms with Crippen molar-refractivity contribution in [2.45, 2.75) is 6.54 Å². The van der Waals surface area contributed by atoms with Gasteiger partial charge in [0.2, 0.25) is 5.95 Å². The second-order valence-corrected chi connectivity index (χ2v) is 5.45. The van der Waals surface area contributed by atoms with Crippen molar-refractivity contribution in [1.82, 2.24) is 19.5 Å². The van der Waals surface area contributed by atoms with Gasteiger partial charge in [-0.15, -0.1) is 0 Å². The highest BCUT2D eigenvalue weighted by Gasteiger charge is 2.12. The van der Waals surface area contributed by atoms with E-state index in [2.05, 4.69) is 32.4 Å². The summed E-state index contributed by atoms with van der Waals surface area (Å²) < 4.78 is 1.97. The minimum atomic E-state index is 0.218. The van der Waals surface area contributed by atoms with Crippen molar-refractivity contribution in [1.29, 1.82) is 0 Å². The molecular weight excluding hydrogens is 300 g/mol. The van der Waals surface area contributed by atoms with Crippen molar-refractivity contribution in [3.05, 3.63) is 72.6 Å². The van der Waals surface area contributed by atoms with Gasteiger partial charge in [-0.25, -0.2) is 4.98 Å². The van der Waals surface area contributed by atoms with Gasteiger partial charge in [0.25, 0.3) is 0 Å². The van der Waals surface area contributed by atoms with Crippen LogP contribution in [0.15, 0.2) is 67.0 Å². The number of nitrogens with two attached hydrogens (primary N) is 1. The monoisotopic (exact) mass is 316 g/mol. The Morgan fingerprint density at radius 1 is 0.917 bits per heavy atom. The molecule has 0 amide bonds. The Hall–Kier alpha value is -3.41. The number of benzene rings is 2. The number of hydrogen-bond donors (Lipinski definition) is 2. The van der Waals surface area contributed by atoms with Crippen LogP contribution in [-0.2, 0) is 6.54 Å². The normalized spacial score (nSPS) is 10.8. The maximum absolute atomic E-state index is 5.90. The van der Waals surface area contributed by atoms with Crippen molar-refractivity contribution < 1.29 is 0 Å². The third kappa shape index (κ3) is 2.77. The first-order valence-corrected chi connectivity index (χ1v) is 7.64. The highest BCUT2D eigenvalue weighted by molar-refractivity contribution is 5.86. The van der Waals surface area contributed by atoms with E-state index in [1.165, 1.54) is 5.56 Å². The molecule has 4 aromatic rings. The molecule has 4 rings (SSSR count). The van der Waals surface area contributed by atoms with Gasteiger partial charge < -0.3 is 15.6 Å². The quantitative estimate of drug-likeness (QED) is 0.604. The van der Waals surface area contributed by atoms with Gasteiger partial charge in [-0.2, -0.15) is 9.97 Å². The molecule has 0 aliphatic rings. The molecule has 0 spiro atoms. The largest absolute Gasteiger partial charge is 0.368 e. The SMILES string of the molecule is Nc1nc(Nc2ccccc2)c2ncn(Cc3ccccc3)c2n1. The van der Waals surface area contributed by atoms with Crippen LogP contribution < -0.4 is 11.1 Å². The Labute approximate surface area is 139 Å². The number of nitrogens with one attached hydrogen (secondary N) is 1. The number of para-hydroxylation sites is 1. The highest BCUT2D eigenvalue weighted by Crippen LogP contribution is 2.23. The zero-order valence-corrected chi connectivity index (χ0v) is 12.9. The van der Waals surface area contributed by atoms with Gasteiger partial charge in [0.1, 0.15) is 0 Å². The molecule has 0 saturated carbocycles. The van der Waals surface area contributed by atoms with Crippen molar-refractivity contribution >= 4 is 28.6 Å². The predicted octanol–water partition coefficient (Wildman–Crippen LogP) is 3.20. The summed E-state index contributed by atoms with van der Waals surface area (Å²) in [5.41, 5.74) is 9.41. The number of anilines is 3. The van der Waals surface area contributed by atoms with Crippen molar-refractivity contribution in [3.8, 4) is 0 Å². The molecule has 0 aliphatic carbocycles. The Kier molecular flexibility index (Phi) is 3.55. The highest BCUT2D eigenvalue weighted by atomic mass is 15.2. The lowest BCUT2D eigenvalue weighted by molar-refractivity contribution is 0.814. The molecule has 3 N–H and O–H groups in total. The molecular formula is C18H16N6. The van der Waals surface area contributed by atoms with Crippen LogP contribution in [-0.4, -0.2) is 19.5 Å². The molecule has 6 heteroatoms. The first-order chi connectivity index (χ1) is 11.8. The van der Waals surface area contributed by atoms with E-state index in [4.69, 9.17) is 5.73 Å². The molecule has 0 fully saturated rings. The second kappa shape index (κ2) is 6.00. The van der Waals surface area contributed by atoms with Gasteiger partial charge >= 0.3 is 0 Å². The summed E-state index contributed by atoms with van der Waals surface area (Å²) in [5, 5.41) is 3.26. The number of fused-ring (bicyclic) bond motifs is 1. The van der Waals surface area contributed by atoms with Gasteiger partial charge in [-0.3, -0.25) is 0 Å². The van der Waals surface area contributed by atoms with E-state index in [0.29, 0.717) is 23.5 Å². The van der Waals surface area contributed by atoms with E-state index in [-0.39, 0.29) is 5.95 Å². The van der Waals surface area contributed by atoms with Crippen LogP contribution in [0.5, 0.6) is 0 Å². The first-order valence-electron chi connectivity index (χ1n) is 7.64. The summed E-state index contributed by atoms with van der Waals surface area (Å²) in [6.45, 7) is 0.679. The average molecular weight is 316 g/mol. The van der Waals surface area contributed by atoms with E-state index >= 15 is 0 Å². The van der Waals surface area contributed by atoms with Gasteiger partial charge in [0, 0.05) is 5.69 Å². The molecule has 0 unspecified atom stereocenters. The Bertz CT molecular complexity index is 963. The fourth-order valence-corrected chi connectivity index (χ4v) is 2.60. The summed E-state index contributed by atoms with van der Waals surface area (Å²) in [6.07, 6.45) is 1.77. The van der Waals surface area contributed by atoms with E-state index in [1.807, 2.05) is 53.1 Å². The molecule has 2 heterocycles. The number of hydrogen-bond acceptors (Lipinski definition) is 5. The number of nitrogen functional groups attached to an aromatic ring is 1. The molecule has 0 saturated heterocycles. The molecule has 2 aromatic carbocycles. The third-order valence-corrected chi connectivity index (χ3v) is 3.71. The molecule has 0 radical (unpaired) electrons. The van der Waals surface area contributed by atoms with Crippen LogP contribution in [0.3, 0.4) is 0 Å². The van der Waals surface area contributed by atoms with Gasteiger partial charge in [0.15, 0.2) is 17.0 Å².